The van der Waals surface area contributed by atoms with Gasteiger partial charge in [-0.05, 0) is 32.9 Å². The Bertz CT molecular complexity index is 1010. The van der Waals surface area contributed by atoms with Crippen molar-refractivity contribution in [2.75, 3.05) is 0 Å². The van der Waals surface area contributed by atoms with Crippen molar-refractivity contribution < 1.29 is 24.0 Å². The van der Waals surface area contributed by atoms with Gasteiger partial charge < -0.3 is 14.8 Å². The summed E-state index contributed by atoms with van der Waals surface area (Å²) in [6, 6.07) is 11.5. The number of benzene rings is 2. The molecule has 0 saturated carbocycles. The summed E-state index contributed by atoms with van der Waals surface area (Å²) in [7, 11) is 0. The van der Waals surface area contributed by atoms with E-state index >= 15 is 0 Å². The van der Waals surface area contributed by atoms with E-state index in [1.807, 2.05) is 0 Å². The molecule has 9 nitrogen and oxygen atoms in total. The van der Waals surface area contributed by atoms with Crippen molar-refractivity contribution in [3.63, 3.8) is 0 Å². The lowest BCUT2D eigenvalue weighted by Gasteiger charge is -2.22. The predicted octanol–water partition coefficient (Wildman–Crippen LogP) is 3.85. The van der Waals surface area contributed by atoms with Crippen molar-refractivity contribution in [1.29, 1.82) is 0 Å². The molecule has 1 atom stereocenters. The maximum atomic E-state index is 12.6. The molecule has 0 spiro atoms. The van der Waals surface area contributed by atoms with Crippen LogP contribution in [0.25, 0.3) is 0 Å². The molecule has 0 aromatic heterocycles. The molecule has 0 bridgehead atoms. The SMILES string of the molecule is CC(C)(C)OC(=O)C1=Nc2ccccc2C1NC(=O)Oc1ccccc1[N+](=O)[O-]. The second kappa shape index (κ2) is 7.70. The monoisotopic (exact) mass is 397 g/mol. The van der Waals surface area contributed by atoms with Gasteiger partial charge in [-0.3, -0.25) is 10.1 Å². The molecule has 2 aromatic carbocycles. The highest BCUT2D eigenvalue weighted by Crippen LogP contribution is 2.35. The summed E-state index contributed by atoms with van der Waals surface area (Å²) in [4.78, 5) is 39.8. The minimum Gasteiger partial charge on any atom is -0.455 e. The van der Waals surface area contributed by atoms with Crippen molar-refractivity contribution in [2.24, 2.45) is 4.99 Å². The Hall–Kier alpha value is -3.75. The van der Waals surface area contributed by atoms with Gasteiger partial charge in [0.15, 0.2) is 5.71 Å². The maximum Gasteiger partial charge on any atom is 0.413 e. The van der Waals surface area contributed by atoms with Gasteiger partial charge in [-0.2, -0.15) is 0 Å². The third-order valence-corrected chi connectivity index (χ3v) is 3.90. The van der Waals surface area contributed by atoms with Crippen LogP contribution < -0.4 is 10.1 Å². The fourth-order valence-electron chi connectivity index (χ4n) is 2.76. The first-order valence-corrected chi connectivity index (χ1v) is 8.78. The third kappa shape index (κ3) is 4.57. The molecule has 150 valence electrons. The van der Waals surface area contributed by atoms with Gasteiger partial charge in [-0.1, -0.05) is 30.3 Å². The van der Waals surface area contributed by atoms with Crippen LogP contribution in [0.15, 0.2) is 53.5 Å². The predicted molar refractivity (Wildman–Crippen MR) is 104 cm³/mol. The number of nitrogens with one attached hydrogen (secondary N) is 1. The van der Waals surface area contributed by atoms with Crippen molar-refractivity contribution in [1.82, 2.24) is 5.32 Å². The number of nitro benzene ring substituents is 1. The third-order valence-electron chi connectivity index (χ3n) is 3.90. The van der Waals surface area contributed by atoms with Crippen LogP contribution in [0.1, 0.15) is 32.4 Å². The van der Waals surface area contributed by atoms with E-state index in [4.69, 9.17) is 9.47 Å². The Labute approximate surface area is 166 Å². The van der Waals surface area contributed by atoms with E-state index in [0.717, 1.165) is 0 Å². The number of aliphatic imine (C=N–C) groups is 1. The number of nitrogens with zero attached hydrogens (tertiary/aromatic N) is 2. The quantitative estimate of drug-likeness (QED) is 0.475. The van der Waals surface area contributed by atoms with Crippen LogP contribution >= 0.6 is 0 Å². The highest BCUT2D eigenvalue weighted by molar-refractivity contribution is 6.40. The summed E-state index contributed by atoms with van der Waals surface area (Å²) in [5, 5.41) is 13.7. The number of para-hydroxylation sites is 3. The number of nitro groups is 1. The van der Waals surface area contributed by atoms with Gasteiger partial charge in [0.05, 0.1) is 10.6 Å². The summed E-state index contributed by atoms with van der Waals surface area (Å²) < 4.78 is 10.5. The Balaban J connectivity index is 1.84. The Morgan fingerprint density at radius 3 is 2.45 bits per heavy atom. The first kappa shape index (κ1) is 20.0. The molecule has 1 aliphatic heterocycles. The number of hydrogen-bond donors (Lipinski definition) is 1. The summed E-state index contributed by atoms with van der Waals surface area (Å²) in [6.45, 7) is 5.16. The molecule has 1 heterocycles. The van der Waals surface area contributed by atoms with Gasteiger partial charge >= 0.3 is 17.7 Å². The number of carbonyl (C=O) groups is 2. The highest BCUT2D eigenvalue weighted by atomic mass is 16.6. The average Bonchev–Trinajstić information content (AvgIpc) is 2.99. The van der Waals surface area contributed by atoms with Crippen LogP contribution in [0.2, 0.25) is 0 Å². The molecular formula is C20H19N3O6. The number of rotatable bonds is 4. The van der Waals surface area contributed by atoms with Crippen LogP contribution in [0, 0.1) is 10.1 Å². The van der Waals surface area contributed by atoms with Crippen LogP contribution in [0.5, 0.6) is 5.75 Å². The largest absolute Gasteiger partial charge is 0.455 e. The lowest BCUT2D eigenvalue weighted by Crippen LogP contribution is -2.39. The fraction of sp³-hybridized carbons (Fsp3) is 0.250. The van der Waals surface area contributed by atoms with Crippen LogP contribution in [-0.2, 0) is 9.53 Å². The molecule has 0 radical (unpaired) electrons. The zero-order valence-corrected chi connectivity index (χ0v) is 16.0. The van der Waals surface area contributed by atoms with Crippen molar-refractivity contribution in [3.05, 3.63) is 64.2 Å². The van der Waals surface area contributed by atoms with E-state index in [0.29, 0.717) is 11.3 Å². The number of amides is 1. The number of fused-ring (bicyclic) bond motifs is 1. The summed E-state index contributed by atoms with van der Waals surface area (Å²) >= 11 is 0. The van der Waals surface area contributed by atoms with E-state index in [9.17, 15) is 19.7 Å². The smallest absolute Gasteiger partial charge is 0.413 e. The lowest BCUT2D eigenvalue weighted by molar-refractivity contribution is -0.385. The molecule has 1 amide bonds. The van der Waals surface area contributed by atoms with E-state index < -0.39 is 28.6 Å². The van der Waals surface area contributed by atoms with E-state index in [-0.39, 0.29) is 17.1 Å². The van der Waals surface area contributed by atoms with Gasteiger partial charge in [0, 0.05) is 11.6 Å². The normalized spacial score (nSPS) is 15.1. The Morgan fingerprint density at radius 1 is 1.10 bits per heavy atom. The maximum absolute atomic E-state index is 12.6. The van der Waals surface area contributed by atoms with E-state index in [1.165, 1.54) is 24.3 Å². The van der Waals surface area contributed by atoms with E-state index in [1.54, 1.807) is 45.0 Å². The molecule has 0 saturated heterocycles. The highest BCUT2D eigenvalue weighted by Gasteiger charge is 2.36. The average molecular weight is 397 g/mol. The van der Waals surface area contributed by atoms with Crippen LogP contribution in [-0.4, -0.2) is 28.3 Å². The van der Waals surface area contributed by atoms with Crippen molar-refractivity contribution >= 4 is 29.1 Å². The van der Waals surface area contributed by atoms with Crippen molar-refractivity contribution in [2.45, 2.75) is 32.4 Å². The summed E-state index contributed by atoms with van der Waals surface area (Å²) in [6.07, 6.45) is -0.961. The number of carbonyl (C=O) groups excluding carboxylic acids is 2. The summed E-state index contributed by atoms with van der Waals surface area (Å²) in [5.74, 6) is -0.887. The van der Waals surface area contributed by atoms with Gasteiger partial charge in [-0.25, -0.2) is 14.6 Å². The Morgan fingerprint density at radius 2 is 1.76 bits per heavy atom. The van der Waals surface area contributed by atoms with Crippen LogP contribution in [0.3, 0.4) is 0 Å². The first-order chi connectivity index (χ1) is 13.7. The molecule has 3 rings (SSSR count). The van der Waals surface area contributed by atoms with E-state index in [2.05, 4.69) is 10.3 Å². The zero-order chi connectivity index (χ0) is 21.2. The molecule has 1 aliphatic rings. The molecule has 0 aliphatic carbocycles. The second-order valence-electron chi connectivity index (χ2n) is 7.25. The fourth-order valence-corrected chi connectivity index (χ4v) is 2.76. The minimum absolute atomic E-state index is 0.000589. The first-order valence-electron chi connectivity index (χ1n) is 8.78. The van der Waals surface area contributed by atoms with Crippen LogP contribution in [0.4, 0.5) is 16.2 Å². The molecule has 1 unspecified atom stereocenters. The number of esters is 1. The minimum atomic E-state index is -0.961. The van der Waals surface area contributed by atoms with Gasteiger partial charge in [0.25, 0.3) is 0 Å². The Kier molecular flexibility index (Phi) is 5.31. The second-order valence-corrected chi connectivity index (χ2v) is 7.25. The lowest BCUT2D eigenvalue weighted by atomic mass is 10.0. The van der Waals surface area contributed by atoms with Gasteiger partial charge in [-0.15, -0.1) is 0 Å². The molecule has 9 heteroatoms. The van der Waals surface area contributed by atoms with Crippen molar-refractivity contribution in [3.8, 4) is 5.75 Å². The standard InChI is InChI=1S/C20H19N3O6/c1-20(2,3)29-18(24)17-16(12-8-4-5-9-13(12)21-17)22-19(25)28-15-11-7-6-10-14(15)23(26)27/h4-11,16H,1-3H3,(H,22,25). The molecule has 29 heavy (non-hydrogen) atoms. The molecule has 1 N–H and O–H groups in total. The van der Waals surface area contributed by atoms with Gasteiger partial charge in [0.1, 0.15) is 11.6 Å². The molecular weight excluding hydrogens is 378 g/mol. The topological polar surface area (TPSA) is 120 Å². The molecule has 2 aromatic rings. The number of ether oxygens (including phenoxy) is 2. The molecule has 0 fully saturated rings. The number of hydrogen-bond acceptors (Lipinski definition) is 7. The van der Waals surface area contributed by atoms with Gasteiger partial charge in [0.2, 0.25) is 5.75 Å². The summed E-state index contributed by atoms with van der Waals surface area (Å²) in [5.41, 5.74) is 0.0118. The zero-order valence-electron chi connectivity index (χ0n) is 16.0.